The number of aromatic nitrogens is 1. The van der Waals surface area contributed by atoms with Gasteiger partial charge in [0.05, 0.1) is 34.3 Å². The molecule has 2 amide bonds. The average Bonchev–Trinajstić information content (AvgIpc) is 3.28. The number of aryl methyl sites for hydroxylation is 1. The van der Waals surface area contributed by atoms with E-state index in [0.717, 1.165) is 35.7 Å². The summed E-state index contributed by atoms with van der Waals surface area (Å²) in [4.78, 5) is 58.4. The van der Waals surface area contributed by atoms with Crippen molar-refractivity contribution < 1.29 is 28.3 Å². The molecule has 3 aromatic carbocycles. The third-order valence-corrected chi connectivity index (χ3v) is 8.78. The number of hydrogen-bond donors (Lipinski definition) is 0. The fourth-order valence-electron chi connectivity index (χ4n) is 6.07. The number of carbonyl (C=O) groups excluding carboxylic acids is 4. The second-order valence-electron chi connectivity index (χ2n) is 10.9. The molecule has 0 spiro atoms. The second kappa shape index (κ2) is 11.8. The predicted octanol–water partition coefficient (Wildman–Crippen LogP) is 7.09. The number of imide groups is 1. The highest BCUT2D eigenvalue weighted by Gasteiger charge is 2.48. The number of anilines is 1. The number of rotatable bonds is 7. The van der Waals surface area contributed by atoms with E-state index >= 15 is 0 Å². The van der Waals surface area contributed by atoms with Crippen LogP contribution in [0, 0.1) is 17.7 Å². The van der Waals surface area contributed by atoms with Gasteiger partial charge in [-0.2, -0.15) is 0 Å². The van der Waals surface area contributed by atoms with Crippen LogP contribution in [0.25, 0.3) is 22.2 Å². The lowest BCUT2D eigenvalue weighted by molar-refractivity contribution is -0.122. The molecule has 2 fully saturated rings. The average molecular weight is 644 g/mol. The zero-order valence-corrected chi connectivity index (χ0v) is 25.0. The standard InChI is InChI=1S/C34H28BrFN2O5/c1-2-19-15-22(35)16-27-28(34(42)43-18-30(39)21-7-11-23(36)12-8-21)17-29(37-31(19)27)20-9-13-24(14-10-20)38-32(40)25-5-3-4-6-26(25)33(38)41/h7-17,25-26H,2-6,18H2,1H3. The summed E-state index contributed by atoms with van der Waals surface area (Å²) in [6, 6.07) is 17.4. The lowest BCUT2D eigenvalue weighted by Gasteiger charge is -2.19. The molecule has 1 aliphatic carbocycles. The van der Waals surface area contributed by atoms with E-state index in [4.69, 9.17) is 9.72 Å². The number of carbonyl (C=O) groups is 4. The van der Waals surface area contributed by atoms with E-state index in [0.29, 0.717) is 34.3 Å². The molecular formula is C34H28BrFN2O5. The molecule has 0 radical (unpaired) electrons. The Kier molecular flexibility index (Phi) is 7.92. The summed E-state index contributed by atoms with van der Waals surface area (Å²) < 4.78 is 19.5. The Bertz CT molecular complexity index is 1750. The van der Waals surface area contributed by atoms with Crippen LogP contribution in [0.3, 0.4) is 0 Å². The van der Waals surface area contributed by atoms with E-state index in [9.17, 15) is 23.6 Å². The molecule has 0 N–H and O–H groups in total. The van der Waals surface area contributed by atoms with Gasteiger partial charge in [0, 0.05) is 21.0 Å². The number of Topliss-reactive ketones (excluding diaryl/α,β-unsaturated/α-hetero) is 1. The molecule has 1 aromatic heterocycles. The first-order valence-electron chi connectivity index (χ1n) is 14.3. The van der Waals surface area contributed by atoms with Crippen molar-refractivity contribution in [1.29, 1.82) is 0 Å². The molecule has 7 nitrogen and oxygen atoms in total. The molecule has 2 heterocycles. The van der Waals surface area contributed by atoms with Crippen LogP contribution in [-0.2, 0) is 20.7 Å². The number of halogens is 2. The summed E-state index contributed by atoms with van der Waals surface area (Å²) in [7, 11) is 0. The van der Waals surface area contributed by atoms with Gasteiger partial charge >= 0.3 is 5.97 Å². The Balaban J connectivity index is 1.32. The Hall–Kier alpha value is -4.24. The van der Waals surface area contributed by atoms with E-state index in [1.807, 2.05) is 13.0 Å². The molecule has 2 aliphatic rings. The fourth-order valence-corrected chi connectivity index (χ4v) is 6.58. The summed E-state index contributed by atoms with van der Waals surface area (Å²) in [5, 5.41) is 0.571. The van der Waals surface area contributed by atoms with Crippen molar-refractivity contribution in [2.24, 2.45) is 11.8 Å². The number of nitrogens with zero attached hydrogens (tertiary/aromatic N) is 2. The van der Waals surface area contributed by atoms with Crippen LogP contribution >= 0.6 is 15.9 Å². The van der Waals surface area contributed by atoms with Crippen molar-refractivity contribution in [3.8, 4) is 11.3 Å². The molecule has 1 aliphatic heterocycles. The molecule has 4 aromatic rings. The highest BCUT2D eigenvalue weighted by molar-refractivity contribution is 9.10. The fraction of sp³-hybridized carbons (Fsp3) is 0.265. The SMILES string of the molecule is CCc1cc(Br)cc2c(C(=O)OCC(=O)c3ccc(F)cc3)cc(-c3ccc(N4C(=O)C5CCCCC5C4=O)cc3)nc12. The van der Waals surface area contributed by atoms with Crippen LogP contribution in [0.1, 0.15) is 58.9 Å². The van der Waals surface area contributed by atoms with E-state index in [2.05, 4.69) is 15.9 Å². The Morgan fingerprint density at radius 2 is 1.60 bits per heavy atom. The Morgan fingerprint density at radius 1 is 0.953 bits per heavy atom. The Morgan fingerprint density at radius 3 is 2.23 bits per heavy atom. The maximum absolute atomic E-state index is 13.4. The molecular weight excluding hydrogens is 615 g/mol. The normalized spacial score (nSPS) is 18.2. The molecule has 0 bridgehead atoms. The van der Waals surface area contributed by atoms with Crippen molar-refractivity contribution in [1.82, 2.24) is 4.98 Å². The maximum Gasteiger partial charge on any atom is 0.339 e. The van der Waals surface area contributed by atoms with Crippen LogP contribution in [0.2, 0.25) is 0 Å². The van der Waals surface area contributed by atoms with E-state index in [-0.39, 0.29) is 34.8 Å². The van der Waals surface area contributed by atoms with Crippen molar-refractivity contribution in [3.63, 3.8) is 0 Å². The van der Waals surface area contributed by atoms with Crippen LogP contribution in [0.5, 0.6) is 0 Å². The summed E-state index contributed by atoms with van der Waals surface area (Å²) >= 11 is 3.52. The number of ketones is 1. The van der Waals surface area contributed by atoms with E-state index in [1.54, 1.807) is 36.4 Å². The number of hydrogen-bond acceptors (Lipinski definition) is 6. The predicted molar refractivity (Wildman–Crippen MR) is 163 cm³/mol. The summed E-state index contributed by atoms with van der Waals surface area (Å²) in [5.41, 5.74) is 3.71. The molecule has 2 atom stereocenters. The first-order chi connectivity index (χ1) is 20.7. The Labute approximate surface area is 256 Å². The van der Waals surface area contributed by atoms with Gasteiger partial charge in [0.1, 0.15) is 5.82 Å². The highest BCUT2D eigenvalue weighted by Crippen LogP contribution is 2.40. The molecule has 43 heavy (non-hydrogen) atoms. The van der Waals surface area contributed by atoms with Gasteiger partial charge in [-0.15, -0.1) is 0 Å². The van der Waals surface area contributed by atoms with Gasteiger partial charge in [-0.05, 0) is 79.4 Å². The summed E-state index contributed by atoms with van der Waals surface area (Å²) in [6.07, 6.45) is 4.07. The lowest BCUT2D eigenvalue weighted by Crippen LogP contribution is -2.30. The summed E-state index contributed by atoms with van der Waals surface area (Å²) in [6.45, 7) is 1.48. The van der Waals surface area contributed by atoms with Crippen LogP contribution in [-0.4, -0.2) is 35.2 Å². The van der Waals surface area contributed by atoms with Crippen molar-refractivity contribution in [2.75, 3.05) is 11.5 Å². The summed E-state index contributed by atoms with van der Waals surface area (Å²) in [5.74, 6) is -2.36. The third-order valence-electron chi connectivity index (χ3n) is 8.32. The van der Waals surface area contributed by atoms with Crippen LogP contribution in [0.4, 0.5) is 10.1 Å². The van der Waals surface area contributed by atoms with Crippen LogP contribution in [0.15, 0.2) is 71.2 Å². The number of fused-ring (bicyclic) bond motifs is 2. The number of ether oxygens (including phenoxy) is 1. The molecule has 1 saturated carbocycles. The molecule has 2 unspecified atom stereocenters. The molecule has 9 heteroatoms. The number of pyridine rings is 1. The third kappa shape index (κ3) is 5.49. The number of benzene rings is 3. The van der Waals surface area contributed by atoms with Crippen molar-refractivity contribution in [2.45, 2.75) is 39.0 Å². The highest BCUT2D eigenvalue weighted by atomic mass is 79.9. The van der Waals surface area contributed by atoms with Gasteiger partial charge in [-0.3, -0.25) is 19.3 Å². The monoisotopic (exact) mass is 642 g/mol. The maximum atomic E-state index is 13.4. The van der Waals surface area contributed by atoms with Gasteiger partial charge in [0.25, 0.3) is 0 Å². The van der Waals surface area contributed by atoms with Crippen molar-refractivity contribution >= 4 is 56.1 Å². The molecule has 6 rings (SSSR count). The minimum absolute atomic E-state index is 0.135. The van der Waals surface area contributed by atoms with Gasteiger partial charge in [-0.25, -0.2) is 14.2 Å². The van der Waals surface area contributed by atoms with Gasteiger partial charge < -0.3 is 4.74 Å². The van der Waals surface area contributed by atoms with Gasteiger partial charge in [0.15, 0.2) is 12.4 Å². The lowest BCUT2D eigenvalue weighted by atomic mass is 9.81. The first kappa shape index (κ1) is 28.9. The van der Waals surface area contributed by atoms with Crippen LogP contribution < -0.4 is 4.90 Å². The topological polar surface area (TPSA) is 93.6 Å². The quantitative estimate of drug-likeness (QED) is 0.121. The number of esters is 1. The van der Waals surface area contributed by atoms with E-state index < -0.39 is 24.2 Å². The number of amides is 2. The largest absolute Gasteiger partial charge is 0.454 e. The van der Waals surface area contributed by atoms with Crippen molar-refractivity contribution in [3.05, 3.63) is 93.7 Å². The zero-order chi connectivity index (χ0) is 30.2. The van der Waals surface area contributed by atoms with E-state index in [1.165, 1.54) is 29.2 Å². The second-order valence-corrected chi connectivity index (χ2v) is 11.8. The first-order valence-corrected chi connectivity index (χ1v) is 15.1. The van der Waals surface area contributed by atoms with Gasteiger partial charge in [0.2, 0.25) is 11.8 Å². The smallest absolute Gasteiger partial charge is 0.339 e. The molecule has 1 saturated heterocycles. The minimum atomic E-state index is -0.697. The minimum Gasteiger partial charge on any atom is -0.454 e. The van der Waals surface area contributed by atoms with Gasteiger partial charge in [-0.1, -0.05) is 47.8 Å². The zero-order valence-electron chi connectivity index (χ0n) is 23.4. The molecule has 218 valence electrons.